The Hall–Kier alpha value is -3.38. The van der Waals surface area contributed by atoms with E-state index in [1.54, 1.807) is 23.2 Å². The molecule has 3 fully saturated rings. The van der Waals surface area contributed by atoms with Gasteiger partial charge >= 0.3 is 12.3 Å². The van der Waals surface area contributed by atoms with Crippen LogP contribution in [0, 0.1) is 33.5 Å². The van der Waals surface area contributed by atoms with Crippen LogP contribution in [0.2, 0.25) is 5.02 Å². The largest absolute Gasteiger partial charge is 0.453 e. The van der Waals surface area contributed by atoms with Crippen LogP contribution in [0.1, 0.15) is 86.7 Å². The van der Waals surface area contributed by atoms with Crippen molar-refractivity contribution < 1.29 is 42.1 Å². The molecule has 2 bridgehead atoms. The summed E-state index contributed by atoms with van der Waals surface area (Å²) in [6, 6.07) is 9.98. The molecule has 1 aromatic carbocycles. The third-order valence-electron chi connectivity index (χ3n) is 14.5. The van der Waals surface area contributed by atoms with E-state index in [0.717, 1.165) is 29.9 Å². The van der Waals surface area contributed by atoms with E-state index in [1.165, 1.54) is 18.2 Å². The molecule has 0 radical (unpaired) electrons. The van der Waals surface area contributed by atoms with Crippen LogP contribution in [0.3, 0.4) is 0 Å². The minimum atomic E-state index is -4.60. The van der Waals surface area contributed by atoms with Crippen molar-refractivity contribution in [3.05, 3.63) is 92.9 Å². The number of fused-ring (bicyclic) bond motifs is 1. The summed E-state index contributed by atoms with van der Waals surface area (Å²) in [5, 5.41) is 26.0. The summed E-state index contributed by atoms with van der Waals surface area (Å²) < 4.78 is 52.6. The van der Waals surface area contributed by atoms with Crippen LogP contribution in [0.5, 0.6) is 0 Å². The number of benzene rings is 1. The van der Waals surface area contributed by atoms with Crippen LogP contribution in [0.4, 0.5) is 18.0 Å². The lowest BCUT2D eigenvalue weighted by Crippen LogP contribution is -2.67. The number of carbonyl (C=O) groups excluding carboxylic acids is 2. The van der Waals surface area contributed by atoms with Gasteiger partial charge in [-0.15, -0.1) is 11.3 Å². The van der Waals surface area contributed by atoms with E-state index >= 15 is 4.79 Å². The first-order valence-corrected chi connectivity index (χ1v) is 20.6. The maximum atomic E-state index is 15.0. The van der Waals surface area contributed by atoms with Crippen LogP contribution >= 0.6 is 22.9 Å². The van der Waals surface area contributed by atoms with Crippen molar-refractivity contribution in [1.82, 2.24) is 4.90 Å². The predicted molar refractivity (Wildman–Crippen MR) is 204 cm³/mol. The van der Waals surface area contributed by atoms with E-state index in [2.05, 4.69) is 32.1 Å². The normalized spacial score (nSPS) is 34.8. The standard InChI is InChI=1S/C43H47ClF3NO6S/c1-4-53-37(51)48(20-14-28-6-5-21-55-28)25-41(52)17-13-35-39(41,3)16-12-34-38(2)15-11-27(49)23-40(38)18-19-42(34,35)30(24-40)36(50)33-10-9-32(54-33)29-22-26(43(45,46)47)7-8-31(29)44/h5-10,18-19,21-22,24,27,34-35,49,52H,4,11-17,20,23,25H2,1-3H3. The number of Topliss-reactive ketones (excluding diaryl/α,β-unsaturated/α-hetero) is 1. The van der Waals surface area contributed by atoms with Crippen molar-refractivity contribution >= 4 is 34.8 Å². The van der Waals surface area contributed by atoms with Crippen LogP contribution in [-0.2, 0) is 17.3 Å². The molecule has 3 saturated carbocycles. The summed E-state index contributed by atoms with van der Waals surface area (Å²) in [5.41, 5.74) is -3.96. The molecule has 1 amide bonds. The Morgan fingerprint density at radius 3 is 2.51 bits per heavy atom. The number of amides is 1. The number of ketones is 1. The number of aliphatic hydroxyl groups is 2. The van der Waals surface area contributed by atoms with Crippen molar-refractivity contribution in [2.75, 3.05) is 19.7 Å². The first-order valence-electron chi connectivity index (χ1n) is 19.3. The molecular weight excluding hydrogens is 751 g/mol. The molecule has 8 unspecified atom stereocenters. The molecule has 0 saturated heterocycles. The summed E-state index contributed by atoms with van der Waals surface area (Å²) in [4.78, 5) is 31.2. The molecule has 2 aromatic heterocycles. The van der Waals surface area contributed by atoms with E-state index in [9.17, 15) is 28.2 Å². The van der Waals surface area contributed by atoms with Crippen LogP contribution in [0.15, 0.2) is 76.1 Å². The molecule has 2 spiro atoms. The summed E-state index contributed by atoms with van der Waals surface area (Å²) >= 11 is 7.99. The van der Waals surface area contributed by atoms with Gasteiger partial charge in [0.15, 0.2) is 5.76 Å². The van der Waals surface area contributed by atoms with E-state index in [0.29, 0.717) is 50.6 Å². The van der Waals surface area contributed by atoms with Gasteiger partial charge in [-0.25, -0.2) is 4.79 Å². The number of allylic oxidation sites excluding steroid dienone is 4. The highest BCUT2D eigenvalue weighted by atomic mass is 35.5. The number of aliphatic hydroxyl groups excluding tert-OH is 1. The lowest BCUT2D eigenvalue weighted by Gasteiger charge is -2.71. The first-order chi connectivity index (χ1) is 26.0. The van der Waals surface area contributed by atoms with E-state index in [4.69, 9.17) is 20.8 Å². The summed E-state index contributed by atoms with van der Waals surface area (Å²) in [7, 11) is 0. The Balaban J connectivity index is 1.19. The van der Waals surface area contributed by atoms with E-state index in [1.807, 2.05) is 17.5 Å². The maximum Gasteiger partial charge on any atom is 0.416 e. The Morgan fingerprint density at radius 1 is 1.04 bits per heavy atom. The number of alkyl halides is 3. The summed E-state index contributed by atoms with van der Waals surface area (Å²) in [5.74, 6) is -0.512. The molecule has 2 heterocycles. The van der Waals surface area contributed by atoms with Crippen LogP contribution in [0.25, 0.3) is 11.3 Å². The van der Waals surface area contributed by atoms with Gasteiger partial charge in [-0.1, -0.05) is 49.7 Å². The van der Waals surface area contributed by atoms with Gasteiger partial charge in [-0.3, -0.25) is 4.79 Å². The Kier molecular flexibility index (Phi) is 9.34. The number of thiophene rings is 1. The Bertz CT molecular complexity index is 2060. The Labute approximate surface area is 328 Å². The molecule has 7 nitrogen and oxygen atoms in total. The second-order valence-electron chi connectivity index (χ2n) is 16.9. The molecule has 12 heteroatoms. The topological polar surface area (TPSA) is 100 Å². The van der Waals surface area contributed by atoms with Crippen molar-refractivity contribution in [3.63, 3.8) is 0 Å². The first kappa shape index (κ1) is 38.5. The zero-order valence-electron chi connectivity index (χ0n) is 31.3. The zero-order chi connectivity index (χ0) is 39.2. The molecule has 0 aliphatic heterocycles. The van der Waals surface area contributed by atoms with Gasteiger partial charge in [-0.2, -0.15) is 13.2 Å². The molecular formula is C43H47ClF3NO6S. The molecule has 6 aliphatic carbocycles. The third kappa shape index (κ3) is 5.80. The quantitative estimate of drug-likeness (QED) is 0.165. The number of halogens is 4. The zero-order valence-corrected chi connectivity index (χ0v) is 32.8. The molecule has 9 rings (SSSR count). The molecule has 2 N–H and O–H groups in total. The van der Waals surface area contributed by atoms with Crippen LogP contribution in [-0.4, -0.2) is 58.4 Å². The van der Waals surface area contributed by atoms with Gasteiger partial charge in [0.1, 0.15) is 5.76 Å². The highest BCUT2D eigenvalue weighted by molar-refractivity contribution is 7.09. The number of nitrogens with zero attached hydrogens (tertiary/aromatic N) is 1. The van der Waals surface area contributed by atoms with Gasteiger partial charge < -0.3 is 24.3 Å². The number of furan rings is 1. The minimum Gasteiger partial charge on any atom is -0.453 e. The van der Waals surface area contributed by atoms with Crippen molar-refractivity contribution in [2.24, 2.45) is 33.5 Å². The van der Waals surface area contributed by atoms with Gasteiger partial charge in [0.2, 0.25) is 5.78 Å². The van der Waals surface area contributed by atoms with Crippen molar-refractivity contribution in [2.45, 2.75) is 90.0 Å². The molecule has 8 atom stereocenters. The fourth-order valence-corrected chi connectivity index (χ4v) is 12.6. The highest BCUT2D eigenvalue weighted by Crippen LogP contribution is 2.78. The van der Waals surface area contributed by atoms with Gasteiger partial charge in [0, 0.05) is 38.8 Å². The second-order valence-corrected chi connectivity index (χ2v) is 18.4. The molecule has 294 valence electrons. The molecule has 3 aromatic rings. The second kappa shape index (κ2) is 13.4. The lowest BCUT2D eigenvalue weighted by atomic mass is 9.32. The number of carbonyl (C=O) groups is 2. The molecule has 6 aliphatic rings. The number of rotatable bonds is 9. The summed E-state index contributed by atoms with van der Waals surface area (Å²) in [6.45, 7) is 6.85. The lowest BCUT2D eigenvalue weighted by molar-refractivity contribution is -0.175. The fourth-order valence-electron chi connectivity index (χ4n) is 11.7. The Morgan fingerprint density at radius 2 is 1.78 bits per heavy atom. The number of hydrogen-bond acceptors (Lipinski definition) is 7. The highest BCUT2D eigenvalue weighted by Gasteiger charge is 2.74. The van der Waals surface area contributed by atoms with Crippen molar-refractivity contribution in [3.8, 4) is 11.3 Å². The minimum absolute atomic E-state index is 0.00853. The fraction of sp³-hybridized carbons (Fsp3) is 0.535. The van der Waals surface area contributed by atoms with Gasteiger partial charge in [-0.05, 0) is 117 Å². The maximum absolute atomic E-state index is 15.0. The monoisotopic (exact) mass is 797 g/mol. The average Bonchev–Trinajstić information content (AvgIpc) is 3.90. The smallest absolute Gasteiger partial charge is 0.416 e. The van der Waals surface area contributed by atoms with E-state index in [-0.39, 0.29) is 58.3 Å². The summed E-state index contributed by atoms with van der Waals surface area (Å²) in [6.07, 6.45) is 5.80. The molecule has 55 heavy (non-hydrogen) atoms. The average molecular weight is 798 g/mol. The SMILES string of the molecule is CCOC(=O)N(CCc1cccs1)CC1(O)CCC2C34C=CC5(C=C3C(=O)c3ccc(-c6cc(C(F)(F)F)ccc6Cl)o3)CC(O)CCC5(C)C4CCC21C. The van der Waals surface area contributed by atoms with Crippen LogP contribution < -0.4 is 0 Å². The van der Waals surface area contributed by atoms with Gasteiger partial charge in [0.05, 0.1) is 35.4 Å². The van der Waals surface area contributed by atoms with Crippen molar-refractivity contribution in [1.29, 1.82) is 0 Å². The number of ether oxygens (including phenoxy) is 1. The third-order valence-corrected chi connectivity index (χ3v) is 15.8. The van der Waals surface area contributed by atoms with Gasteiger partial charge in [0.25, 0.3) is 0 Å². The van der Waals surface area contributed by atoms with E-state index < -0.39 is 45.8 Å². The number of hydrogen-bond donors (Lipinski definition) is 2. The predicted octanol–water partition coefficient (Wildman–Crippen LogP) is 10.2.